The number of hydrogen-bond acceptors (Lipinski definition) is 3. The second kappa shape index (κ2) is 13.4. The molecule has 0 atom stereocenters. The summed E-state index contributed by atoms with van der Waals surface area (Å²) in [6.45, 7) is 0. The van der Waals surface area contributed by atoms with E-state index >= 15 is 0 Å². The first-order valence-electron chi connectivity index (χ1n) is 19.4. The van der Waals surface area contributed by atoms with Gasteiger partial charge in [0.15, 0.2) is 17.5 Å². The molecular formula is C54H35N3. The fraction of sp³-hybridized carbons (Fsp3) is 0.0185. The standard InChI is InChI=1S/C54H35N3/c1-5-16-37(17-6-1)51-55-52(38-18-7-2-8-19-38)57-53(56-51)47-26-15-25-43-44(47)32-30-36-28-29-39(34-48(36)43)40-31-33-46-45-24-13-14-27-49(45)54(50(46)35-40,41-20-9-3-10-21-41)42-22-11-4-12-23-42/h1-35H. The monoisotopic (exact) mass is 725 g/mol. The number of hydrogen-bond donors (Lipinski definition) is 0. The molecule has 1 heterocycles. The minimum absolute atomic E-state index is 0.454. The Morgan fingerprint density at radius 3 is 1.46 bits per heavy atom. The molecular weight excluding hydrogens is 691 g/mol. The van der Waals surface area contributed by atoms with E-state index in [1.54, 1.807) is 0 Å². The summed E-state index contributed by atoms with van der Waals surface area (Å²) in [5, 5.41) is 4.63. The molecule has 0 saturated heterocycles. The third-order valence-corrected chi connectivity index (χ3v) is 11.6. The maximum absolute atomic E-state index is 5.09. The molecule has 3 nitrogen and oxygen atoms in total. The average Bonchev–Trinajstić information content (AvgIpc) is 3.60. The number of aromatic nitrogens is 3. The molecule has 10 aromatic rings. The Hall–Kier alpha value is -7.49. The highest BCUT2D eigenvalue weighted by Crippen LogP contribution is 2.56. The van der Waals surface area contributed by atoms with Crippen molar-refractivity contribution in [2.45, 2.75) is 5.41 Å². The van der Waals surface area contributed by atoms with Gasteiger partial charge in [-0.3, -0.25) is 0 Å². The van der Waals surface area contributed by atoms with E-state index in [0.29, 0.717) is 17.5 Å². The van der Waals surface area contributed by atoms with Crippen molar-refractivity contribution in [3.63, 3.8) is 0 Å². The second-order valence-electron chi connectivity index (χ2n) is 14.7. The summed E-state index contributed by atoms with van der Waals surface area (Å²) in [5.41, 5.74) is 12.5. The summed E-state index contributed by atoms with van der Waals surface area (Å²) >= 11 is 0. The van der Waals surface area contributed by atoms with Crippen LogP contribution in [-0.2, 0) is 5.41 Å². The van der Waals surface area contributed by atoms with Gasteiger partial charge in [-0.2, -0.15) is 0 Å². The van der Waals surface area contributed by atoms with Gasteiger partial charge in [-0.15, -0.1) is 0 Å². The van der Waals surface area contributed by atoms with Crippen LogP contribution in [0.1, 0.15) is 22.3 Å². The smallest absolute Gasteiger partial charge is 0.164 e. The molecule has 57 heavy (non-hydrogen) atoms. The van der Waals surface area contributed by atoms with Crippen LogP contribution < -0.4 is 0 Å². The molecule has 0 N–H and O–H groups in total. The molecule has 0 unspecified atom stereocenters. The molecule has 0 amide bonds. The van der Waals surface area contributed by atoms with Crippen LogP contribution in [0, 0.1) is 0 Å². The van der Waals surface area contributed by atoms with Gasteiger partial charge >= 0.3 is 0 Å². The molecule has 3 heteroatoms. The molecule has 0 radical (unpaired) electrons. The molecule has 11 rings (SSSR count). The number of fused-ring (bicyclic) bond motifs is 6. The molecule has 1 aliphatic carbocycles. The first-order valence-corrected chi connectivity index (χ1v) is 19.4. The van der Waals surface area contributed by atoms with E-state index in [-0.39, 0.29) is 0 Å². The Morgan fingerprint density at radius 1 is 0.281 bits per heavy atom. The largest absolute Gasteiger partial charge is 0.208 e. The zero-order valence-electron chi connectivity index (χ0n) is 31.0. The fourth-order valence-electron chi connectivity index (χ4n) is 9.02. The lowest BCUT2D eigenvalue weighted by Gasteiger charge is -2.34. The van der Waals surface area contributed by atoms with Crippen molar-refractivity contribution in [2.75, 3.05) is 0 Å². The molecule has 0 bridgehead atoms. The summed E-state index contributed by atoms with van der Waals surface area (Å²) in [5.74, 6) is 1.96. The minimum Gasteiger partial charge on any atom is -0.208 e. The number of nitrogens with zero attached hydrogens (tertiary/aromatic N) is 3. The van der Waals surface area contributed by atoms with Crippen LogP contribution in [0.4, 0.5) is 0 Å². The van der Waals surface area contributed by atoms with E-state index in [0.717, 1.165) is 27.5 Å². The third-order valence-electron chi connectivity index (χ3n) is 11.6. The Bertz CT molecular complexity index is 3010. The van der Waals surface area contributed by atoms with E-state index < -0.39 is 5.41 Å². The van der Waals surface area contributed by atoms with Gasteiger partial charge in [-0.1, -0.05) is 200 Å². The Kier molecular flexibility index (Phi) is 7.71. The molecule has 1 aliphatic rings. The Morgan fingerprint density at radius 2 is 0.789 bits per heavy atom. The van der Waals surface area contributed by atoms with Crippen LogP contribution in [0.15, 0.2) is 212 Å². The van der Waals surface area contributed by atoms with Crippen molar-refractivity contribution in [2.24, 2.45) is 0 Å². The maximum Gasteiger partial charge on any atom is 0.164 e. The quantitative estimate of drug-likeness (QED) is 0.160. The lowest BCUT2D eigenvalue weighted by Crippen LogP contribution is -2.28. The normalized spacial score (nSPS) is 12.7. The predicted molar refractivity (Wildman–Crippen MR) is 234 cm³/mol. The van der Waals surface area contributed by atoms with Crippen molar-refractivity contribution in [3.8, 4) is 56.4 Å². The van der Waals surface area contributed by atoms with Crippen LogP contribution in [-0.4, -0.2) is 15.0 Å². The van der Waals surface area contributed by atoms with E-state index in [1.807, 2.05) is 60.7 Å². The van der Waals surface area contributed by atoms with Gasteiger partial charge in [-0.05, 0) is 78.2 Å². The SMILES string of the molecule is c1ccc(-c2nc(-c3ccccc3)nc(-c3cccc4c3ccc3ccc(-c5ccc6c(c5)C(c5ccccc5)(c5ccccc5)c5ccccc5-6)cc34)n2)cc1. The van der Waals surface area contributed by atoms with Crippen LogP contribution in [0.3, 0.4) is 0 Å². The minimum atomic E-state index is -0.454. The van der Waals surface area contributed by atoms with Gasteiger partial charge in [0.25, 0.3) is 0 Å². The second-order valence-corrected chi connectivity index (χ2v) is 14.7. The van der Waals surface area contributed by atoms with E-state index in [2.05, 4.69) is 152 Å². The molecule has 0 saturated carbocycles. The van der Waals surface area contributed by atoms with E-state index in [1.165, 1.54) is 55.3 Å². The van der Waals surface area contributed by atoms with Crippen LogP contribution in [0.5, 0.6) is 0 Å². The molecule has 1 aromatic heterocycles. The number of rotatable bonds is 6. The molecule has 9 aromatic carbocycles. The van der Waals surface area contributed by atoms with Crippen molar-refractivity contribution in [1.82, 2.24) is 15.0 Å². The summed E-state index contributed by atoms with van der Waals surface area (Å²) in [7, 11) is 0. The van der Waals surface area contributed by atoms with E-state index in [9.17, 15) is 0 Å². The van der Waals surface area contributed by atoms with Crippen LogP contribution in [0.2, 0.25) is 0 Å². The molecule has 0 fully saturated rings. The third kappa shape index (κ3) is 5.32. The van der Waals surface area contributed by atoms with E-state index in [4.69, 9.17) is 15.0 Å². The molecule has 266 valence electrons. The van der Waals surface area contributed by atoms with Crippen LogP contribution in [0.25, 0.3) is 78.0 Å². The highest BCUT2D eigenvalue weighted by Gasteiger charge is 2.46. The first-order chi connectivity index (χ1) is 28.3. The van der Waals surface area contributed by atoms with Gasteiger partial charge in [-0.25, -0.2) is 15.0 Å². The van der Waals surface area contributed by atoms with Crippen molar-refractivity contribution in [1.29, 1.82) is 0 Å². The van der Waals surface area contributed by atoms with Gasteiger partial charge in [0.1, 0.15) is 0 Å². The van der Waals surface area contributed by atoms with Crippen molar-refractivity contribution >= 4 is 21.5 Å². The van der Waals surface area contributed by atoms with Crippen LogP contribution >= 0.6 is 0 Å². The maximum atomic E-state index is 5.09. The van der Waals surface area contributed by atoms with Gasteiger partial charge in [0, 0.05) is 16.7 Å². The average molecular weight is 726 g/mol. The lowest BCUT2D eigenvalue weighted by atomic mass is 9.67. The first kappa shape index (κ1) is 32.9. The molecule has 0 aliphatic heterocycles. The zero-order chi connectivity index (χ0) is 37.8. The summed E-state index contributed by atoms with van der Waals surface area (Å²) in [4.78, 5) is 15.1. The summed E-state index contributed by atoms with van der Waals surface area (Å²) in [6.07, 6.45) is 0. The van der Waals surface area contributed by atoms with Gasteiger partial charge in [0.2, 0.25) is 0 Å². The zero-order valence-corrected chi connectivity index (χ0v) is 31.0. The van der Waals surface area contributed by atoms with Crippen molar-refractivity contribution in [3.05, 3.63) is 235 Å². The molecule has 0 spiro atoms. The predicted octanol–water partition coefficient (Wildman–Crippen LogP) is 13.2. The van der Waals surface area contributed by atoms with Crippen molar-refractivity contribution < 1.29 is 0 Å². The Balaban J connectivity index is 1.09. The summed E-state index contributed by atoms with van der Waals surface area (Å²) < 4.78 is 0. The Labute approximate surface area is 331 Å². The fourth-order valence-corrected chi connectivity index (χ4v) is 9.02. The lowest BCUT2D eigenvalue weighted by molar-refractivity contribution is 0.769. The summed E-state index contributed by atoms with van der Waals surface area (Å²) in [6, 6.07) is 76.0. The van der Waals surface area contributed by atoms with Gasteiger partial charge in [0.05, 0.1) is 5.41 Å². The topological polar surface area (TPSA) is 38.7 Å². The highest BCUT2D eigenvalue weighted by molar-refractivity contribution is 6.12. The van der Waals surface area contributed by atoms with Gasteiger partial charge < -0.3 is 0 Å². The highest BCUT2D eigenvalue weighted by atomic mass is 15.0. The number of benzene rings is 9.